The molecule has 0 aromatic carbocycles. The molecular formula is C81H186F12. The lowest BCUT2D eigenvalue weighted by Crippen LogP contribution is -2.18. The minimum atomic E-state index is -3.99. The third-order valence-corrected chi connectivity index (χ3v) is 13.3. The van der Waals surface area contributed by atoms with E-state index in [1.807, 2.05) is 0 Å². The van der Waals surface area contributed by atoms with Crippen molar-refractivity contribution in [2.45, 2.75) is 477 Å². The smallest absolute Gasteiger partial charge is 0.171 e. The molecule has 0 saturated carbocycles. The summed E-state index contributed by atoms with van der Waals surface area (Å²) in [5.74, 6) is 3.12. The van der Waals surface area contributed by atoms with Crippen molar-refractivity contribution in [3.05, 3.63) is 0 Å². The first-order valence-corrected chi connectivity index (χ1v) is 37.3. The lowest BCUT2D eigenvalue weighted by molar-refractivity contribution is -0.170. The number of hydrogen-bond donors (Lipinski definition) is 0. The topological polar surface area (TPSA) is 0 Å². The van der Waals surface area contributed by atoms with Gasteiger partial charge in [-0.15, -0.1) is 0 Å². The van der Waals surface area contributed by atoms with Crippen LogP contribution < -0.4 is 0 Å². The molecule has 12 heteroatoms. The standard InChI is InChI=1S/5C6H14.2C5H9F3.4C5H12.2C4H7F3.2C4H10.C3H8.2CH4/c2*1-5-6(2,3)4;1-4-5-6(2)3;2*1-4-6(3)5-2;2*1-3-4(2)5(6,7)8;3*1-4-5(2)3;1-3-5-4-2;2*1-2-3-4(5,6)7;2*1-3-4-2;1-3-2;;/h2*5H2,1-4H3;3*6H,4-5H2,1-3H3;2*4H,3H2,1-2H3;3*5H,4H2,1-3H3;3-5H2,1-2H3;2*2-3H2,1H3;2*3-4H2,1-2H3;3H2,1-2H3;2*1H4. The highest BCUT2D eigenvalue weighted by Crippen LogP contribution is 2.28. The largest absolute Gasteiger partial charge is 0.391 e. The molecule has 0 spiro atoms. The molecule has 0 aromatic heterocycles. The zero-order valence-corrected chi connectivity index (χ0v) is 69.8. The molecule has 0 saturated heterocycles. The molecule has 0 N–H and O–H groups in total. The van der Waals surface area contributed by atoms with E-state index in [1.54, 1.807) is 0 Å². The first kappa shape index (κ1) is 139. The van der Waals surface area contributed by atoms with E-state index in [-0.39, 0.29) is 40.5 Å². The minimum absolute atomic E-state index is 0. The summed E-state index contributed by atoms with van der Waals surface area (Å²) in [6, 6.07) is 0. The molecule has 0 aromatic rings. The second-order valence-electron chi connectivity index (χ2n) is 27.8. The van der Waals surface area contributed by atoms with Gasteiger partial charge < -0.3 is 0 Å². The number of halogens is 12. The SMILES string of the molecule is C.C.CCC.CCC(C)(C)C.CCC(C)(C)C.CCC(C)C.CCC(C)C.CCC(C)C.CCC(C)C(F)(F)F.CCC(C)C(F)(F)F.CCC(C)CC.CCC(C)CC.CCCC.CCCC.CCCC(C)C.CCCC(F)(F)F.CCCC(F)(F)F.CCCCC. The maximum atomic E-state index is 11.4. The van der Waals surface area contributed by atoms with Gasteiger partial charge >= 0.3 is 24.7 Å². The highest BCUT2D eigenvalue weighted by molar-refractivity contribution is 4.59. The quantitative estimate of drug-likeness (QED) is 0.127. The van der Waals surface area contributed by atoms with Gasteiger partial charge in [0, 0.05) is 12.8 Å². The molecule has 93 heavy (non-hydrogen) atoms. The van der Waals surface area contributed by atoms with E-state index in [0.717, 1.165) is 35.5 Å². The highest BCUT2D eigenvalue weighted by atomic mass is 19.4. The highest BCUT2D eigenvalue weighted by Gasteiger charge is 2.34. The van der Waals surface area contributed by atoms with E-state index in [2.05, 4.69) is 235 Å². The van der Waals surface area contributed by atoms with E-state index < -0.39 is 49.4 Å². The van der Waals surface area contributed by atoms with Crippen LogP contribution in [0.15, 0.2) is 0 Å². The van der Waals surface area contributed by atoms with Crippen molar-refractivity contribution in [2.24, 2.45) is 58.2 Å². The fraction of sp³-hybridized carbons (Fsp3) is 1.00. The Bertz CT molecular complexity index is 979. The fourth-order valence-corrected chi connectivity index (χ4v) is 2.54. The van der Waals surface area contributed by atoms with Gasteiger partial charge in [-0.1, -0.05) is 414 Å². The predicted molar refractivity (Wildman–Crippen MR) is 413 cm³/mol. The molecule has 2 atom stereocenters. The number of alkyl halides is 12. The van der Waals surface area contributed by atoms with Crippen LogP contribution in [0.25, 0.3) is 0 Å². The van der Waals surface area contributed by atoms with Crippen molar-refractivity contribution in [1.82, 2.24) is 0 Å². The Labute approximate surface area is 585 Å². The second-order valence-corrected chi connectivity index (χ2v) is 27.8. The van der Waals surface area contributed by atoms with Gasteiger partial charge in [-0.05, 0) is 72.0 Å². The van der Waals surface area contributed by atoms with Crippen LogP contribution in [0.5, 0.6) is 0 Å². The normalized spacial score (nSPS) is 10.9. The Morgan fingerprint density at radius 1 is 0.247 bits per heavy atom. The van der Waals surface area contributed by atoms with Gasteiger partial charge in [0.05, 0.1) is 11.8 Å². The molecule has 0 bridgehead atoms. The van der Waals surface area contributed by atoms with Crippen LogP contribution in [0.2, 0.25) is 0 Å². The summed E-state index contributed by atoms with van der Waals surface area (Å²) in [5.41, 5.74) is 1.08. The van der Waals surface area contributed by atoms with Gasteiger partial charge in [-0.3, -0.25) is 0 Å². The molecule has 0 aliphatic carbocycles. The lowest BCUT2D eigenvalue weighted by Gasteiger charge is -2.12. The van der Waals surface area contributed by atoms with Crippen LogP contribution in [0.1, 0.15) is 452 Å². The molecule has 0 heterocycles. The van der Waals surface area contributed by atoms with Crippen LogP contribution in [0.3, 0.4) is 0 Å². The minimum Gasteiger partial charge on any atom is -0.171 e. The van der Waals surface area contributed by atoms with Crippen molar-refractivity contribution in [3.8, 4) is 0 Å². The second kappa shape index (κ2) is 105. The molecule has 0 nitrogen and oxygen atoms in total. The Morgan fingerprint density at radius 3 is 0.419 bits per heavy atom. The molecule has 0 fully saturated rings. The zero-order valence-electron chi connectivity index (χ0n) is 69.8. The summed E-state index contributed by atoms with van der Waals surface area (Å²) in [6.45, 7) is 83.8. The Hall–Kier alpha value is -0.840. The van der Waals surface area contributed by atoms with Crippen molar-refractivity contribution in [1.29, 1.82) is 0 Å². The zero-order chi connectivity index (χ0) is 77.3. The first-order valence-electron chi connectivity index (χ1n) is 37.3. The van der Waals surface area contributed by atoms with Gasteiger partial charge in [0.2, 0.25) is 0 Å². The van der Waals surface area contributed by atoms with E-state index in [0.29, 0.717) is 10.8 Å². The number of hydrogen-bond acceptors (Lipinski definition) is 0. The van der Waals surface area contributed by atoms with Gasteiger partial charge in [0.1, 0.15) is 0 Å². The average molecular weight is 1390 g/mol. The van der Waals surface area contributed by atoms with Crippen molar-refractivity contribution >= 4 is 0 Å². The number of rotatable bonds is 17. The third-order valence-electron chi connectivity index (χ3n) is 13.3. The average Bonchev–Trinajstić information content (AvgIpc) is 3.67. The molecule has 0 radical (unpaired) electrons. The van der Waals surface area contributed by atoms with Crippen molar-refractivity contribution in [3.63, 3.8) is 0 Å². The van der Waals surface area contributed by atoms with E-state index in [9.17, 15) is 52.7 Å². The summed E-state index contributed by atoms with van der Waals surface area (Å²) in [5, 5.41) is 0. The molecular weight excluding hydrogens is 1200 g/mol. The maximum Gasteiger partial charge on any atom is 0.391 e. The van der Waals surface area contributed by atoms with Crippen LogP contribution in [-0.4, -0.2) is 24.7 Å². The Morgan fingerprint density at radius 2 is 0.419 bits per heavy atom. The molecule has 0 amide bonds. The monoisotopic (exact) mass is 1390 g/mol. The number of unbranched alkanes of at least 4 members (excludes halogenated alkanes) is 4. The van der Waals surface area contributed by atoms with Crippen LogP contribution >= 0.6 is 0 Å². The molecule has 594 valence electrons. The van der Waals surface area contributed by atoms with Crippen LogP contribution in [0, 0.1) is 58.2 Å². The summed E-state index contributed by atoms with van der Waals surface area (Å²) in [7, 11) is 0. The predicted octanol–water partition coefficient (Wildman–Crippen LogP) is 36.8. The summed E-state index contributed by atoms with van der Waals surface area (Å²) >= 11 is 0. The van der Waals surface area contributed by atoms with Crippen molar-refractivity contribution < 1.29 is 52.7 Å². The van der Waals surface area contributed by atoms with Gasteiger partial charge in [0.25, 0.3) is 0 Å². The van der Waals surface area contributed by atoms with Crippen LogP contribution in [-0.2, 0) is 0 Å². The fourth-order valence-electron chi connectivity index (χ4n) is 2.54. The van der Waals surface area contributed by atoms with Gasteiger partial charge in [0.15, 0.2) is 0 Å². The van der Waals surface area contributed by atoms with E-state index >= 15 is 0 Å². The van der Waals surface area contributed by atoms with Gasteiger partial charge in [-0.2, -0.15) is 52.7 Å². The van der Waals surface area contributed by atoms with Crippen LogP contribution in [0.4, 0.5) is 52.7 Å². The van der Waals surface area contributed by atoms with E-state index in [1.165, 1.54) is 164 Å². The maximum absolute atomic E-state index is 11.4. The third kappa shape index (κ3) is 288. The lowest BCUT2D eigenvalue weighted by atomic mass is 9.94. The molecule has 2 unspecified atom stereocenters. The summed E-state index contributed by atoms with van der Waals surface area (Å²) in [6.07, 6.45) is 8.59. The van der Waals surface area contributed by atoms with Crippen molar-refractivity contribution in [2.75, 3.05) is 0 Å². The molecule has 0 aliphatic heterocycles. The Kier molecular flexibility index (Phi) is 157. The van der Waals surface area contributed by atoms with Gasteiger partial charge in [-0.25, -0.2) is 0 Å². The van der Waals surface area contributed by atoms with E-state index in [4.69, 9.17) is 0 Å². The summed E-state index contributed by atoms with van der Waals surface area (Å²) in [4.78, 5) is 0. The first-order chi connectivity index (χ1) is 41.1. The summed E-state index contributed by atoms with van der Waals surface area (Å²) < 4.78 is 135. The molecule has 0 rings (SSSR count). The Balaban J connectivity index is -0.0000000405. The molecule has 0 aliphatic rings.